The molecule has 17 heavy (non-hydrogen) atoms. The molecule has 4 heteroatoms. The molecule has 0 aliphatic heterocycles. The van der Waals surface area contributed by atoms with Gasteiger partial charge in [-0.1, -0.05) is 29.8 Å². The molecule has 1 heterocycles. The number of benzene rings is 1. The van der Waals surface area contributed by atoms with Crippen LogP contribution in [-0.2, 0) is 6.54 Å². The molecule has 2 rings (SSSR count). The molecule has 1 aromatic heterocycles. The highest BCUT2D eigenvalue weighted by Crippen LogP contribution is 2.14. The Bertz CT molecular complexity index is 493. The standard InChI is InChI=1S/C13H17N3O/c1-9-5-4-6-12(7-9)10(2)14-8-13-16-15-11(3)17-13/h4-7,10,14H,8H2,1-3H3/t10-/m0/s1. The van der Waals surface area contributed by atoms with Crippen LogP contribution in [0.4, 0.5) is 0 Å². The van der Waals surface area contributed by atoms with Crippen molar-refractivity contribution in [2.24, 2.45) is 0 Å². The smallest absolute Gasteiger partial charge is 0.230 e. The van der Waals surface area contributed by atoms with Crippen LogP contribution in [0.25, 0.3) is 0 Å². The topological polar surface area (TPSA) is 51.0 Å². The summed E-state index contributed by atoms with van der Waals surface area (Å²) in [6, 6.07) is 8.72. The Labute approximate surface area is 101 Å². The molecule has 0 saturated carbocycles. The fourth-order valence-electron chi connectivity index (χ4n) is 1.71. The Morgan fingerprint density at radius 2 is 2.12 bits per heavy atom. The SMILES string of the molecule is Cc1cccc([C@H](C)NCc2nnc(C)o2)c1. The highest BCUT2D eigenvalue weighted by atomic mass is 16.4. The van der Waals surface area contributed by atoms with E-state index in [9.17, 15) is 0 Å². The normalized spacial score (nSPS) is 12.6. The van der Waals surface area contributed by atoms with Gasteiger partial charge in [-0.3, -0.25) is 0 Å². The lowest BCUT2D eigenvalue weighted by atomic mass is 10.1. The van der Waals surface area contributed by atoms with E-state index < -0.39 is 0 Å². The molecular weight excluding hydrogens is 214 g/mol. The van der Waals surface area contributed by atoms with Gasteiger partial charge < -0.3 is 9.73 Å². The Hall–Kier alpha value is -1.68. The second-order valence-electron chi connectivity index (χ2n) is 4.23. The van der Waals surface area contributed by atoms with E-state index in [-0.39, 0.29) is 6.04 Å². The van der Waals surface area contributed by atoms with Crippen LogP contribution in [-0.4, -0.2) is 10.2 Å². The zero-order valence-corrected chi connectivity index (χ0v) is 10.4. The van der Waals surface area contributed by atoms with Gasteiger partial charge in [-0.25, -0.2) is 0 Å². The van der Waals surface area contributed by atoms with E-state index in [2.05, 4.69) is 53.6 Å². The summed E-state index contributed by atoms with van der Waals surface area (Å²) in [5.41, 5.74) is 2.53. The molecule has 4 nitrogen and oxygen atoms in total. The molecule has 1 atom stereocenters. The monoisotopic (exact) mass is 231 g/mol. The van der Waals surface area contributed by atoms with Crippen molar-refractivity contribution < 1.29 is 4.42 Å². The summed E-state index contributed by atoms with van der Waals surface area (Å²) in [6.07, 6.45) is 0. The number of nitrogens with one attached hydrogen (secondary N) is 1. The van der Waals surface area contributed by atoms with E-state index in [0.717, 1.165) is 0 Å². The second kappa shape index (κ2) is 5.10. The van der Waals surface area contributed by atoms with Gasteiger partial charge in [0.1, 0.15) is 0 Å². The molecule has 0 aliphatic rings. The molecule has 90 valence electrons. The van der Waals surface area contributed by atoms with Crippen molar-refractivity contribution in [3.63, 3.8) is 0 Å². The maximum Gasteiger partial charge on any atom is 0.230 e. The van der Waals surface area contributed by atoms with Gasteiger partial charge in [0, 0.05) is 13.0 Å². The minimum atomic E-state index is 0.266. The van der Waals surface area contributed by atoms with Crippen molar-refractivity contribution in [3.8, 4) is 0 Å². The first-order valence-electron chi connectivity index (χ1n) is 5.74. The summed E-state index contributed by atoms with van der Waals surface area (Å²) in [4.78, 5) is 0. The molecule has 1 N–H and O–H groups in total. The van der Waals surface area contributed by atoms with Gasteiger partial charge in [0.2, 0.25) is 11.8 Å². The molecular formula is C13H17N3O. The van der Waals surface area contributed by atoms with Crippen LogP contribution in [0.15, 0.2) is 28.7 Å². The molecule has 1 aromatic carbocycles. The van der Waals surface area contributed by atoms with Crippen molar-refractivity contribution in [2.75, 3.05) is 0 Å². The van der Waals surface area contributed by atoms with E-state index in [1.165, 1.54) is 11.1 Å². The Morgan fingerprint density at radius 1 is 1.29 bits per heavy atom. The maximum absolute atomic E-state index is 5.31. The zero-order chi connectivity index (χ0) is 12.3. The third kappa shape index (κ3) is 3.14. The van der Waals surface area contributed by atoms with Gasteiger partial charge in [-0.15, -0.1) is 10.2 Å². The van der Waals surface area contributed by atoms with Gasteiger partial charge in [0.15, 0.2) is 0 Å². The van der Waals surface area contributed by atoms with Crippen LogP contribution >= 0.6 is 0 Å². The fraction of sp³-hybridized carbons (Fsp3) is 0.385. The summed E-state index contributed by atoms with van der Waals surface area (Å²) in [5, 5.41) is 11.1. The highest BCUT2D eigenvalue weighted by molar-refractivity contribution is 5.24. The lowest BCUT2D eigenvalue weighted by Crippen LogP contribution is -2.18. The van der Waals surface area contributed by atoms with Gasteiger partial charge in [-0.05, 0) is 19.4 Å². The fourth-order valence-corrected chi connectivity index (χ4v) is 1.71. The number of rotatable bonds is 4. The summed E-state index contributed by atoms with van der Waals surface area (Å²) >= 11 is 0. The molecule has 0 fully saturated rings. The van der Waals surface area contributed by atoms with Crippen molar-refractivity contribution in [3.05, 3.63) is 47.2 Å². The number of hydrogen-bond donors (Lipinski definition) is 1. The quantitative estimate of drug-likeness (QED) is 0.878. The molecule has 0 amide bonds. The Morgan fingerprint density at radius 3 is 2.76 bits per heavy atom. The van der Waals surface area contributed by atoms with E-state index >= 15 is 0 Å². The maximum atomic E-state index is 5.31. The molecule has 0 aliphatic carbocycles. The summed E-state index contributed by atoms with van der Waals surface area (Å²) in [7, 11) is 0. The van der Waals surface area contributed by atoms with Crippen LogP contribution in [0.1, 0.15) is 35.9 Å². The van der Waals surface area contributed by atoms with Crippen LogP contribution in [0.3, 0.4) is 0 Å². The average molecular weight is 231 g/mol. The van der Waals surface area contributed by atoms with E-state index in [4.69, 9.17) is 4.42 Å². The average Bonchev–Trinajstić information content (AvgIpc) is 2.72. The lowest BCUT2D eigenvalue weighted by Gasteiger charge is -2.13. The van der Waals surface area contributed by atoms with Gasteiger partial charge >= 0.3 is 0 Å². The summed E-state index contributed by atoms with van der Waals surface area (Å²) in [5.74, 6) is 1.23. The number of nitrogens with zero attached hydrogens (tertiary/aromatic N) is 2. The van der Waals surface area contributed by atoms with Crippen molar-refractivity contribution in [2.45, 2.75) is 33.4 Å². The minimum absolute atomic E-state index is 0.266. The Balaban J connectivity index is 1.95. The first-order valence-corrected chi connectivity index (χ1v) is 5.74. The number of hydrogen-bond acceptors (Lipinski definition) is 4. The largest absolute Gasteiger partial charge is 0.424 e. The highest BCUT2D eigenvalue weighted by Gasteiger charge is 2.07. The van der Waals surface area contributed by atoms with Crippen LogP contribution in [0, 0.1) is 13.8 Å². The van der Waals surface area contributed by atoms with Crippen molar-refractivity contribution in [1.82, 2.24) is 15.5 Å². The van der Waals surface area contributed by atoms with Gasteiger partial charge in [0.25, 0.3) is 0 Å². The predicted molar refractivity (Wildman–Crippen MR) is 65.5 cm³/mol. The minimum Gasteiger partial charge on any atom is -0.424 e. The van der Waals surface area contributed by atoms with Crippen molar-refractivity contribution in [1.29, 1.82) is 0 Å². The lowest BCUT2D eigenvalue weighted by molar-refractivity contribution is 0.430. The van der Waals surface area contributed by atoms with E-state index in [0.29, 0.717) is 18.3 Å². The first-order chi connectivity index (χ1) is 8.15. The van der Waals surface area contributed by atoms with Crippen LogP contribution in [0.5, 0.6) is 0 Å². The van der Waals surface area contributed by atoms with Gasteiger partial charge in [-0.2, -0.15) is 0 Å². The molecule has 2 aromatic rings. The molecule has 0 saturated heterocycles. The van der Waals surface area contributed by atoms with Crippen LogP contribution in [0.2, 0.25) is 0 Å². The third-order valence-electron chi connectivity index (χ3n) is 2.67. The predicted octanol–water partition coefficient (Wildman–Crippen LogP) is 2.54. The molecule has 0 unspecified atom stereocenters. The van der Waals surface area contributed by atoms with E-state index in [1.54, 1.807) is 6.92 Å². The molecule has 0 bridgehead atoms. The van der Waals surface area contributed by atoms with Gasteiger partial charge in [0.05, 0.1) is 6.54 Å². The molecule has 0 radical (unpaired) electrons. The Kier molecular flexibility index (Phi) is 3.54. The summed E-state index contributed by atoms with van der Waals surface area (Å²) in [6.45, 7) is 6.60. The van der Waals surface area contributed by atoms with Crippen molar-refractivity contribution >= 4 is 0 Å². The molecule has 0 spiro atoms. The second-order valence-corrected chi connectivity index (χ2v) is 4.23. The van der Waals surface area contributed by atoms with Crippen LogP contribution < -0.4 is 5.32 Å². The summed E-state index contributed by atoms with van der Waals surface area (Å²) < 4.78 is 5.31. The first kappa shape index (κ1) is 11.8. The zero-order valence-electron chi connectivity index (χ0n) is 10.4. The number of aromatic nitrogens is 2. The third-order valence-corrected chi connectivity index (χ3v) is 2.67. The number of aryl methyl sites for hydroxylation is 2. The van der Waals surface area contributed by atoms with E-state index in [1.807, 2.05) is 0 Å².